The molecule has 6 rings (SSSR count). The van der Waals surface area contributed by atoms with Crippen LogP contribution in [0, 0.1) is 16.7 Å². The van der Waals surface area contributed by atoms with E-state index in [1.807, 2.05) is 0 Å². The van der Waals surface area contributed by atoms with E-state index < -0.39 is 116 Å². The summed E-state index contributed by atoms with van der Waals surface area (Å²) in [5, 5.41) is 60.7. The quantitative estimate of drug-likeness (QED) is 0.00704. The molecule has 0 aliphatic carbocycles. The van der Waals surface area contributed by atoms with Gasteiger partial charge in [-0.3, -0.25) is 49.4 Å². The largest absolute Gasteiger partial charge is 0.481 e. The molecule has 0 heterocycles. The van der Waals surface area contributed by atoms with Gasteiger partial charge in [-0.25, -0.2) is 28.8 Å². The number of guanidine groups is 1. The lowest BCUT2D eigenvalue weighted by Gasteiger charge is -2.23. The second kappa shape index (κ2) is 43.5. The van der Waals surface area contributed by atoms with E-state index in [4.69, 9.17) is 60.2 Å². The summed E-state index contributed by atoms with van der Waals surface area (Å²) in [6.07, 6.45) is -3.96. The van der Waals surface area contributed by atoms with Crippen LogP contribution >= 0.6 is 0 Å². The number of ether oxygens (including phenoxy) is 8. The molecule has 0 fully saturated rings. The van der Waals surface area contributed by atoms with Crippen molar-refractivity contribution in [3.8, 4) is 11.5 Å². The topological polar surface area (TPSA) is 502 Å². The van der Waals surface area contributed by atoms with Gasteiger partial charge in [0.2, 0.25) is 11.8 Å². The number of rotatable bonds is 46. The second-order valence-electron chi connectivity index (χ2n) is 23.5. The monoisotopic (exact) mass is 1470 g/mol. The van der Waals surface area contributed by atoms with Gasteiger partial charge in [-0.05, 0) is 119 Å². The van der Waals surface area contributed by atoms with E-state index in [0.717, 1.165) is 15.4 Å². The maximum Gasteiger partial charge on any atom is 0.410 e. The van der Waals surface area contributed by atoms with Crippen molar-refractivity contribution >= 4 is 88.9 Å². The molecule has 0 spiro atoms. The summed E-state index contributed by atoms with van der Waals surface area (Å²) >= 11 is 0. The molecule has 562 valence electrons. The fraction of sp³-hybridized carbons (Fsp3) is 0.315. The maximum absolute atomic E-state index is 13.6. The Bertz CT molecular complexity index is 3790. The molecule has 106 heavy (non-hydrogen) atoms. The predicted molar refractivity (Wildman–Crippen MR) is 375 cm³/mol. The first-order valence-corrected chi connectivity index (χ1v) is 32.9. The molecule has 2 atom stereocenters. The van der Waals surface area contributed by atoms with Crippen LogP contribution in [0.2, 0.25) is 0 Å². The zero-order valence-electron chi connectivity index (χ0n) is 57.4. The van der Waals surface area contributed by atoms with Crippen molar-refractivity contribution in [2.75, 3.05) is 77.8 Å². The van der Waals surface area contributed by atoms with Crippen molar-refractivity contribution in [2.24, 2.45) is 17.4 Å². The van der Waals surface area contributed by atoms with Gasteiger partial charge in [0, 0.05) is 51.2 Å². The molecule has 13 N–H and O–H groups in total. The van der Waals surface area contributed by atoms with Crippen LogP contribution in [0.1, 0.15) is 101 Å². The highest BCUT2D eigenvalue weighted by molar-refractivity contribution is 5.96. The summed E-state index contributed by atoms with van der Waals surface area (Å²) in [7, 11) is 0. The third-order valence-electron chi connectivity index (χ3n) is 15.0. The molecule has 33 heteroatoms. The molecule has 4 amide bonds. The van der Waals surface area contributed by atoms with Crippen molar-refractivity contribution < 1.29 is 116 Å². The van der Waals surface area contributed by atoms with Crippen LogP contribution in [-0.2, 0) is 89.9 Å². The Morgan fingerprint density at radius 3 is 1.40 bits per heavy atom. The Kier molecular flexibility index (Phi) is 33.8. The number of carboxylic acids is 4. The van der Waals surface area contributed by atoms with Gasteiger partial charge in [0.25, 0.3) is 0 Å². The van der Waals surface area contributed by atoms with Crippen LogP contribution in [0.15, 0.2) is 146 Å². The zero-order valence-corrected chi connectivity index (χ0v) is 57.4. The Hall–Kier alpha value is -12.5. The van der Waals surface area contributed by atoms with Gasteiger partial charge in [0.1, 0.15) is 31.3 Å². The number of nitrogens with zero attached hydrogens (tertiary/aromatic N) is 2. The van der Waals surface area contributed by atoms with E-state index in [9.17, 15) is 78.0 Å². The number of aliphatic carboxylic acids is 2. The van der Waals surface area contributed by atoms with Gasteiger partial charge < -0.3 is 85.7 Å². The number of carbonyl (C=O) groups is 12. The van der Waals surface area contributed by atoms with Gasteiger partial charge in [0.15, 0.2) is 17.5 Å². The average molecular weight is 1470 g/mol. The molecule has 6 aromatic carbocycles. The first-order valence-electron chi connectivity index (χ1n) is 32.9. The molecule has 33 nitrogen and oxygen atoms in total. The molecule has 6 aromatic rings. The van der Waals surface area contributed by atoms with Crippen molar-refractivity contribution in [1.29, 1.82) is 10.8 Å². The number of aromatic carboxylic acids is 2. The Morgan fingerprint density at radius 2 is 0.934 bits per heavy atom. The van der Waals surface area contributed by atoms with E-state index in [1.54, 1.807) is 12.1 Å². The number of anilines is 1. The first kappa shape index (κ1) is 82.5. The van der Waals surface area contributed by atoms with Gasteiger partial charge in [0.05, 0.1) is 106 Å². The van der Waals surface area contributed by atoms with E-state index in [0.29, 0.717) is 27.9 Å². The molecule has 0 bridgehead atoms. The fourth-order valence-corrected chi connectivity index (χ4v) is 9.88. The smallest absolute Gasteiger partial charge is 0.410 e. The average Bonchev–Trinajstić information content (AvgIpc) is 0.870. The SMILES string of the molecule is N=C(N)Cc1ccc(C(=O)Oc2ccc(COC(=O)N(CC(=O)N[C@@H](CC(=O)O)C(=O)CCCOCCOCCOCCOCCNC(=O)[C@H](CC(=O)O)CC(=O)CN(Cc3cccc(C(=O)O)c3)C(=O)OCc3ccc(OC(=O)c4ccc(NC(=N)N)cc4)cc3)Cc3cccc(C(=O)O)c3)cc2)cc1. The molecule has 0 saturated carbocycles. The standard InChI is InChI=1S/C73H81N9O24/c74-62(75)36-46-9-15-51(16-10-46)69(95)105-58-21-13-48(14-22-58)45-104-73(98)82(41-50-5-2-7-54(35-50)68(93)94)43-63(85)80-60(39-65(88)89)61(84)8-3-26-99-28-30-101-32-33-102-31-29-100-27-25-78-66(90)55(38-64(86)87)37-57(83)42-81(40-49-4-1-6-53(34-49)67(91)92)72(97)103-44-47-11-23-59(24-12-47)106-70(96)52-17-19-56(20-18-52)79-71(76)77/h1-2,4-7,9-24,34-35,55,60H,3,8,25-33,36-45H2,(H3,74,75)(H,78,90)(H,80,85)(H,86,87)(H,88,89)(H,91,92)(H,93,94)(H4,76,77,79)/t55-,60-/m0/s1. The van der Waals surface area contributed by atoms with Crippen LogP contribution in [0.5, 0.6) is 11.5 Å². The minimum absolute atomic E-state index is 0.0177. The van der Waals surface area contributed by atoms with Crippen LogP contribution in [-0.4, -0.2) is 192 Å². The summed E-state index contributed by atoms with van der Waals surface area (Å²) in [5.74, 6) is -10.9. The number of carbonyl (C=O) groups excluding carboxylic acids is 8. The highest BCUT2D eigenvalue weighted by atomic mass is 16.6. The molecule has 0 radical (unpaired) electrons. The van der Waals surface area contributed by atoms with Gasteiger partial charge in [-0.1, -0.05) is 60.7 Å². The number of amides is 4. The molecule has 0 aliphatic heterocycles. The molecule has 0 aromatic heterocycles. The molecule has 0 aliphatic rings. The molecule has 0 saturated heterocycles. The Balaban J connectivity index is 0.855. The summed E-state index contributed by atoms with van der Waals surface area (Å²) in [5.41, 5.74) is 13.8. The normalized spacial score (nSPS) is 11.3. The number of hydrogen-bond donors (Lipinski definition) is 11. The third kappa shape index (κ3) is 30.6. The van der Waals surface area contributed by atoms with E-state index in [1.165, 1.54) is 133 Å². The minimum atomic E-state index is -1.49. The minimum Gasteiger partial charge on any atom is -0.481 e. The van der Waals surface area contributed by atoms with E-state index in [2.05, 4.69) is 16.0 Å². The zero-order chi connectivity index (χ0) is 76.9. The van der Waals surface area contributed by atoms with Crippen LogP contribution in [0.25, 0.3) is 0 Å². The highest BCUT2D eigenvalue weighted by Crippen LogP contribution is 2.21. The fourth-order valence-electron chi connectivity index (χ4n) is 9.88. The van der Waals surface area contributed by atoms with Crippen molar-refractivity contribution in [3.05, 3.63) is 196 Å². The Morgan fingerprint density at radius 1 is 0.481 bits per heavy atom. The summed E-state index contributed by atoms with van der Waals surface area (Å²) in [4.78, 5) is 155. The van der Waals surface area contributed by atoms with E-state index in [-0.39, 0.29) is 151 Å². The molecular formula is C73H81N9O24. The van der Waals surface area contributed by atoms with Crippen molar-refractivity contribution in [2.45, 2.75) is 70.9 Å². The second-order valence-corrected chi connectivity index (χ2v) is 23.5. The number of Topliss-reactive ketones (excluding diaryl/α,β-unsaturated/α-hetero) is 2. The predicted octanol–water partition coefficient (Wildman–Crippen LogP) is 5.82. The lowest BCUT2D eigenvalue weighted by Crippen LogP contribution is -2.47. The van der Waals surface area contributed by atoms with Crippen LogP contribution in [0.3, 0.4) is 0 Å². The summed E-state index contributed by atoms with van der Waals surface area (Å²) in [6.45, 7) is -1.88. The highest BCUT2D eigenvalue weighted by Gasteiger charge is 2.29. The van der Waals surface area contributed by atoms with Crippen molar-refractivity contribution in [1.82, 2.24) is 20.4 Å². The van der Waals surface area contributed by atoms with Gasteiger partial charge in [-0.2, -0.15) is 0 Å². The van der Waals surface area contributed by atoms with Crippen LogP contribution < -0.4 is 36.9 Å². The lowest BCUT2D eigenvalue weighted by atomic mass is 9.97. The van der Waals surface area contributed by atoms with Gasteiger partial charge >= 0.3 is 48.0 Å². The summed E-state index contributed by atoms with van der Waals surface area (Å²) < 4.78 is 44.0. The number of benzene rings is 6. The maximum atomic E-state index is 13.6. The number of amidine groups is 1. The number of esters is 2. The molecular weight excluding hydrogens is 1390 g/mol. The number of carboxylic acid groups (broad SMARTS) is 4. The van der Waals surface area contributed by atoms with Gasteiger partial charge in [-0.15, -0.1) is 0 Å². The van der Waals surface area contributed by atoms with E-state index >= 15 is 0 Å². The number of hydrogen-bond acceptors (Lipinski definition) is 22. The first-order chi connectivity index (χ1) is 50.8. The van der Waals surface area contributed by atoms with Crippen LogP contribution in [0.4, 0.5) is 15.3 Å². The summed E-state index contributed by atoms with van der Waals surface area (Å²) in [6, 6.07) is 34.1. The number of nitrogens with two attached hydrogens (primary N) is 2. The Labute approximate surface area is 606 Å². The molecule has 0 unspecified atom stereocenters. The van der Waals surface area contributed by atoms with Crippen molar-refractivity contribution in [3.63, 3.8) is 0 Å². The lowest BCUT2D eigenvalue weighted by molar-refractivity contribution is -0.142. The third-order valence-corrected chi connectivity index (χ3v) is 15.0. The number of nitrogens with one attached hydrogen (secondary N) is 5. The number of ketones is 2.